The first-order chi connectivity index (χ1) is 7.76. The quantitative estimate of drug-likeness (QED) is 0.732. The number of carbonyl (C=O) groups excluding carboxylic acids is 1. The Morgan fingerprint density at radius 1 is 1.50 bits per heavy atom. The minimum absolute atomic E-state index is 0.342. The van der Waals surface area contributed by atoms with E-state index in [4.69, 9.17) is 10.00 Å². The number of fused-ring (bicyclic) bond motifs is 1. The Kier molecular flexibility index (Phi) is 2.61. The normalized spacial score (nSPS) is 10.0. The van der Waals surface area contributed by atoms with Crippen LogP contribution < -0.4 is 0 Å². The minimum Gasteiger partial charge on any atom is -0.449 e. The SMILES string of the molecule is CCOC(=O)n1ccc2cc(C#N)ccc21. The molecule has 0 amide bonds. The summed E-state index contributed by atoms with van der Waals surface area (Å²) in [5.74, 6) is 0. The Morgan fingerprint density at radius 2 is 2.31 bits per heavy atom. The average Bonchev–Trinajstić information content (AvgIpc) is 2.71. The van der Waals surface area contributed by atoms with E-state index in [2.05, 4.69) is 6.07 Å². The predicted molar refractivity (Wildman–Crippen MR) is 59.1 cm³/mol. The molecule has 0 N–H and O–H groups in total. The van der Waals surface area contributed by atoms with Crippen molar-refractivity contribution in [3.8, 4) is 6.07 Å². The molecule has 0 atom stereocenters. The molecule has 4 heteroatoms. The van der Waals surface area contributed by atoms with Crippen LogP contribution in [0.2, 0.25) is 0 Å². The number of benzene rings is 1. The van der Waals surface area contributed by atoms with Crippen molar-refractivity contribution < 1.29 is 9.53 Å². The molecule has 16 heavy (non-hydrogen) atoms. The van der Waals surface area contributed by atoms with E-state index in [1.807, 2.05) is 0 Å². The largest absolute Gasteiger partial charge is 0.449 e. The zero-order valence-electron chi connectivity index (χ0n) is 8.80. The zero-order valence-corrected chi connectivity index (χ0v) is 8.80. The van der Waals surface area contributed by atoms with E-state index in [0.29, 0.717) is 12.2 Å². The van der Waals surface area contributed by atoms with Gasteiger partial charge in [0.25, 0.3) is 0 Å². The molecule has 80 valence electrons. The van der Waals surface area contributed by atoms with E-state index >= 15 is 0 Å². The highest BCUT2D eigenvalue weighted by molar-refractivity contribution is 5.90. The summed E-state index contributed by atoms with van der Waals surface area (Å²) in [6.45, 7) is 2.10. The van der Waals surface area contributed by atoms with Crippen LogP contribution in [-0.4, -0.2) is 17.3 Å². The number of nitriles is 1. The molecule has 0 aliphatic heterocycles. The van der Waals surface area contributed by atoms with Crippen molar-refractivity contribution in [3.05, 3.63) is 36.0 Å². The lowest BCUT2D eigenvalue weighted by molar-refractivity contribution is 0.155. The summed E-state index contributed by atoms with van der Waals surface area (Å²) in [6.07, 6.45) is 1.24. The van der Waals surface area contributed by atoms with Crippen molar-refractivity contribution in [1.82, 2.24) is 4.57 Å². The molecule has 2 rings (SSSR count). The first-order valence-corrected chi connectivity index (χ1v) is 4.94. The van der Waals surface area contributed by atoms with Crippen molar-refractivity contribution in [1.29, 1.82) is 5.26 Å². The van der Waals surface area contributed by atoms with Crippen LogP contribution in [-0.2, 0) is 4.74 Å². The van der Waals surface area contributed by atoms with Gasteiger partial charge in [-0.15, -0.1) is 0 Å². The Bertz CT molecular complexity index is 578. The average molecular weight is 214 g/mol. The van der Waals surface area contributed by atoms with Crippen LogP contribution in [0, 0.1) is 11.3 Å². The first kappa shape index (κ1) is 10.2. The number of ether oxygens (including phenoxy) is 1. The topological polar surface area (TPSA) is 55.0 Å². The molecule has 0 radical (unpaired) electrons. The van der Waals surface area contributed by atoms with Gasteiger partial charge in [0.2, 0.25) is 0 Å². The van der Waals surface area contributed by atoms with Crippen LogP contribution in [0.25, 0.3) is 10.9 Å². The monoisotopic (exact) mass is 214 g/mol. The molecule has 2 aromatic rings. The summed E-state index contributed by atoms with van der Waals surface area (Å²) in [4.78, 5) is 11.5. The number of nitrogens with zero attached hydrogens (tertiary/aromatic N) is 2. The van der Waals surface area contributed by atoms with Gasteiger partial charge in [0.1, 0.15) is 0 Å². The maximum atomic E-state index is 11.5. The predicted octanol–water partition coefficient (Wildman–Crippen LogP) is 2.52. The van der Waals surface area contributed by atoms with Gasteiger partial charge >= 0.3 is 6.09 Å². The summed E-state index contributed by atoms with van der Waals surface area (Å²) >= 11 is 0. The smallest absolute Gasteiger partial charge is 0.418 e. The van der Waals surface area contributed by atoms with Gasteiger partial charge in [-0.05, 0) is 31.2 Å². The van der Waals surface area contributed by atoms with Gasteiger partial charge in [0, 0.05) is 11.6 Å². The van der Waals surface area contributed by atoms with Crippen molar-refractivity contribution in [2.75, 3.05) is 6.61 Å². The minimum atomic E-state index is -0.401. The van der Waals surface area contributed by atoms with Crippen LogP contribution in [0.15, 0.2) is 30.5 Å². The van der Waals surface area contributed by atoms with Crippen LogP contribution in [0.4, 0.5) is 4.79 Å². The number of hydrogen-bond acceptors (Lipinski definition) is 3. The highest BCUT2D eigenvalue weighted by atomic mass is 16.5. The highest BCUT2D eigenvalue weighted by Gasteiger charge is 2.09. The molecule has 0 bridgehead atoms. The van der Waals surface area contributed by atoms with Crippen LogP contribution in [0.1, 0.15) is 12.5 Å². The summed E-state index contributed by atoms with van der Waals surface area (Å²) < 4.78 is 6.34. The third-order valence-electron chi connectivity index (χ3n) is 2.28. The lowest BCUT2D eigenvalue weighted by Crippen LogP contribution is -2.11. The molecule has 0 unspecified atom stereocenters. The molecule has 1 aromatic carbocycles. The maximum Gasteiger partial charge on any atom is 0.418 e. The van der Waals surface area contributed by atoms with E-state index in [1.165, 1.54) is 4.57 Å². The molecule has 0 spiro atoms. The Balaban J connectivity index is 2.50. The molecule has 0 saturated heterocycles. The lowest BCUT2D eigenvalue weighted by Gasteiger charge is -2.03. The molecule has 1 heterocycles. The van der Waals surface area contributed by atoms with Crippen LogP contribution in [0.3, 0.4) is 0 Å². The van der Waals surface area contributed by atoms with Gasteiger partial charge in [-0.25, -0.2) is 4.79 Å². The molecular weight excluding hydrogens is 204 g/mol. The fraction of sp³-hybridized carbons (Fsp3) is 0.167. The third kappa shape index (κ3) is 1.63. The number of carbonyl (C=O) groups is 1. The summed E-state index contributed by atoms with van der Waals surface area (Å²) in [5, 5.41) is 9.60. The highest BCUT2D eigenvalue weighted by Crippen LogP contribution is 2.17. The van der Waals surface area contributed by atoms with Crippen LogP contribution in [0.5, 0.6) is 0 Å². The van der Waals surface area contributed by atoms with Gasteiger partial charge < -0.3 is 4.74 Å². The van der Waals surface area contributed by atoms with Gasteiger partial charge in [-0.3, -0.25) is 4.57 Å². The van der Waals surface area contributed by atoms with Crippen molar-refractivity contribution in [2.24, 2.45) is 0 Å². The lowest BCUT2D eigenvalue weighted by atomic mass is 10.2. The maximum absolute atomic E-state index is 11.5. The van der Waals surface area contributed by atoms with E-state index in [0.717, 1.165) is 10.9 Å². The van der Waals surface area contributed by atoms with Gasteiger partial charge in [0.15, 0.2) is 0 Å². The molecule has 0 saturated carbocycles. The second kappa shape index (κ2) is 4.07. The number of rotatable bonds is 1. The summed E-state index contributed by atoms with van der Waals surface area (Å²) in [7, 11) is 0. The van der Waals surface area contributed by atoms with Crippen molar-refractivity contribution in [2.45, 2.75) is 6.92 Å². The van der Waals surface area contributed by atoms with Gasteiger partial charge in [-0.2, -0.15) is 5.26 Å². The molecule has 0 aliphatic rings. The fourth-order valence-corrected chi connectivity index (χ4v) is 1.56. The Labute approximate surface area is 92.7 Å². The Hall–Kier alpha value is -2.28. The zero-order chi connectivity index (χ0) is 11.5. The number of aromatic nitrogens is 1. The molecule has 1 aromatic heterocycles. The van der Waals surface area contributed by atoms with E-state index in [-0.39, 0.29) is 0 Å². The summed E-state index contributed by atoms with van der Waals surface area (Å²) in [5.41, 5.74) is 1.33. The van der Waals surface area contributed by atoms with E-state index in [9.17, 15) is 4.79 Å². The third-order valence-corrected chi connectivity index (χ3v) is 2.28. The number of hydrogen-bond donors (Lipinski definition) is 0. The standard InChI is InChI=1S/C12H10N2O2/c1-2-16-12(15)14-6-5-10-7-9(8-13)3-4-11(10)14/h3-7H,2H2,1H3. The van der Waals surface area contributed by atoms with Gasteiger partial charge in [-0.1, -0.05) is 0 Å². The fourth-order valence-electron chi connectivity index (χ4n) is 1.56. The van der Waals surface area contributed by atoms with E-state index in [1.54, 1.807) is 37.4 Å². The summed E-state index contributed by atoms with van der Waals surface area (Å²) in [6, 6.07) is 9.00. The first-order valence-electron chi connectivity index (χ1n) is 4.94. The molecule has 4 nitrogen and oxygen atoms in total. The van der Waals surface area contributed by atoms with Crippen LogP contribution >= 0.6 is 0 Å². The molecular formula is C12H10N2O2. The van der Waals surface area contributed by atoms with Crippen molar-refractivity contribution >= 4 is 17.0 Å². The van der Waals surface area contributed by atoms with E-state index < -0.39 is 6.09 Å². The van der Waals surface area contributed by atoms with Crippen molar-refractivity contribution in [3.63, 3.8) is 0 Å². The van der Waals surface area contributed by atoms with Gasteiger partial charge in [0.05, 0.1) is 23.8 Å². The second-order valence-electron chi connectivity index (χ2n) is 3.27. The molecule has 0 fully saturated rings. The second-order valence-corrected chi connectivity index (χ2v) is 3.27. The molecule has 0 aliphatic carbocycles. The Morgan fingerprint density at radius 3 is 3.00 bits per heavy atom.